The van der Waals surface area contributed by atoms with Gasteiger partial charge in [0.1, 0.15) is 6.04 Å². The van der Waals surface area contributed by atoms with Crippen molar-refractivity contribution in [2.24, 2.45) is 5.92 Å². The third-order valence-corrected chi connectivity index (χ3v) is 4.75. The summed E-state index contributed by atoms with van der Waals surface area (Å²) < 4.78 is 0. The molecule has 7 heteroatoms. The summed E-state index contributed by atoms with van der Waals surface area (Å²) in [6, 6.07) is 8.33. The van der Waals surface area contributed by atoms with E-state index >= 15 is 0 Å². The number of nitrogens with one attached hydrogen (secondary N) is 2. The zero-order chi connectivity index (χ0) is 20.5. The van der Waals surface area contributed by atoms with E-state index in [0.717, 1.165) is 0 Å². The highest BCUT2D eigenvalue weighted by Crippen LogP contribution is 2.11. The molecule has 1 atom stereocenters. The van der Waals surface area contributed by atoms with Gasteiger partial charge in [-0.25, -0.2) is 0 Å². The first kappa shape index (κ1) is 21.6. The van der Waals surface area contributed by atoms with Crippen molar-refractivity contribution in [3.8, 4) is 0 Å². The number of carbonyl (C=O) groups is 3. The van der Waals surface area contributed by atoms with E-state index in [-0.39, 0.29) is 23.6 Å². The van der Waals surface area contributed by atoms with Crippen LogP contribution in [0.5, 0.6) is 0 Å². The molecule has 0 radical (unpaired) electrons. The number of hydrogen-bond acceptors (Lipinski definition) is 4. The summed E-state index contributed by atoms with van der Waals surface area (Å²) in [6.45, 7) is 10.5. The number of carbonyl (C=O) groups excluding carboxylic acids is 3. The maximum atomic E-state index is 13.0. The molecule has 0 aromatic heterocycles. The van der Waals surface area contributed by atoms with Gasteiger partial charge in [0.05, 0.1) is 6.54 Å². The molecule has 1 fully saturated rings. The Hall–Kier alpha value is -2.67. The van der Waals surface area contributed by atoms with Crippen LogP contribution >= 0.6 is 0 Å². The quantitative estimate of drug-likeness (QED) is 0.650. The van der Waals surface area contributed by atoms with Crippen LogP contribution in [0.15, 0.2) is 43.0 Å². The molecule has 152 valence electrons. The van der Waals surface area contributed by atoms with Gasteiger partial charge < -0.3 is 15.5 Å². The number of piperazine rings is 1. The van der Waals surface area contributed by atoms with Crippen LogP contribution in [0, 0.1) is 5.92 Å². The first-order chi connectivity index (χ1) is 13.4. The lowest BCUT2D eigenvalue weighted by Crippen LogP contribution is -2.57. The summed E-state index contributed by atoms with van der Waals surface area (Å²) >= 11 is 0. The Labute approximate surface area is 166 Å². The lowest BCUT2D eigenvalue weighted by molar-refractivity contribution is -0.136. The van der Waals surface area contributed by atoms with Gasteiger partial charge >= 0.3 is 0 Å². The first-order valence-electron chi connectivity index (χ1n) is 9.67. The standard InChI is InChI=1S/C21H30N4O3/c1-4-10-22-18(26)15-24-11-13-25(14-12-24)21(28)19(16(2)3)23-20(27)17-8-6-5-7-9-17/h4-9,16,19H,1,10-15H2,2-3H3,(H,22,26)(H,23,27). The van der Waals surface area contributed by atoms with Gasteiger partial charge in [-0.1, -0.05) is 38.1 Å². The normalized spacial score (nSPS) is 15.8. The minimum absolute atomic E-state index is 0.0251. The summed E-state index contributed by atoms with van der Waals surface area (Å²) in [5.74, 6) is -0.391. The molecule has 1 unspecified atom stereocenters. The van der Waals surface area contributed by atoms with Crippen LogP contribution in [0.2, 0.25) is 0 Å². The maximum absolute atomic E-state index is 13.0. The van der Waals surface area contributed by atoms with Crippen LogP contribution in [-0.4, -0.2) is 72.8 Å². The summed E-state index contributed by atoms with van der Waals surface area (Å²) in [5.41, 5.74) is 0.538. The van der Waals surface area contributed by atoms with Crippen molar-refractivity contribution in [3.63, 3.8) is 0 Å². The number of amides is 3. The minimum Gasteiger partial charge on any atom is -0.352 e. The first-order valence-corrected chi connectivity index (χ1v) is 9.67. The molecule has 1 aromatic carbocycles. The number of hydrogen-bond donors (Lipinski definition) is 2. The molecule has 28 heavy (non-hydrogen) atoms. The fourth-order valence-corrected chi connectivity index (χ4v) is 3.10. The molecule has 7 nitrogen and oxygen atoms in total. The van der Waals surface area contributed by atoms with Gasteiger partial charge in [0.15, 0.2) is 0 Å². The molecule has 1 aliphatic heterocycles. The predicted octanol–water partition coefficient (Wildman–Crippen LogP) is 0.887. The van der Waals surface area contributed by atoms with Crippen LogP contribution in [0.4, 0.5) is 0 Å². The summed E-state index contributed by atoms with van der Waals surface area (Å²) in [7, 11) is 0. The second-order valence-electron chi connectivity index (χ2n) is 7.26. The van der Waals surface area contributed by atoms with E-state index in [9.17, 15) is 14.4 Å². The monoisotopic (exact) mass is 386 g/mol. The molecule has 0 aliphatic carbocycles. The highest BCUT2D eigenvalue weighted by Gasteiger charge is 2.31. The van der Waals surface area contributed by atoms with E-state index in [1.165, 1.54) is 0 Å². The zero-order valence-corrected chi connectivity index (χ0v) is 16.7. The molecule has 0 bridgehead atoms. The molecule has 1 heterocycles. The molecule has 3 amide bonds. The van der Waals surface area contributed by atoms with Gasteiger partial charge in [-0.3, -0.25) is 19.3 Å². The van der Waals surface area contributed by atoms with Crippen LogP contribution in [0.25, 0.3) is 0 Å². The molecular weight excluding hydrogens is 356 g/mol. The van der Waals surface area contributed by atoms with Crippen molar-refractivity contribution < 1.29 is 14.4 Å². The van der Waals surface area contributed by atoms with Gasteiger partial charge in [0, 0.05) is 38.3 Å². The van der Waals surface area contributed by atoms with Crippen molar-refractivity contribution in [2.75, 3.05) is 39.3 Å². The summed E-state index contributed by atoms with van der Waals surface area (Å²) in [6.07, 6.45) is 1.64. The lowest BCUT2D eigenvalue weighted by atomic mass is 10.0. The SMILES string of the molecule is C=CCNC(=O)CN1CCN(C(=O)C(NC(=O)c2ccccc2)C(C)C)CC1. The average Bonchev–Trinajstić information content (AvgIpc) is 2.70. The Kier molecular flexibility index (Phi) is 8.19. The van der Waals surface area contributed by atoms with Crippen LogP contribution in [0.1, 0.15) is 24.2 Å². The topological polar surface area (TPSA) is 81.8 Å². The van der Waals surface area contributed by atoms with Crippen LogP contribution in [0.3, 0.4) is 0 Å². The predicted molar refractivity (Wildman–Crippen MR) is 109 cm³/mol. The van der Waals surface area contributed by atoms with E-state index in [1.807, 2.05) is 24.8 Å². The summed E-state index contributed by atoms with van der Waals surface area (Å²) in [5, 5.41) is 5.64. The van der Waals surface area contributed by atoms with E-state index in [2.05, 4.69) is 17.2 Å². The fraction of sp³-hybridized carbons (Fsp3) is 0.476. The van der Waals surface area contributed by atoms with Crippen molar-refractivity contribution in [2.45, 2.75) is 19.9 Å². The Balaban J connectivity index is 1.89. The van der Waals surface area contributed by atoms with Crippen LogP contribution < -0.4 is 10.6 Å². The van der Waals surface area contributed by atoms with Crippen molar-refractivity contribution >= 4 is 17.7 Å². The van der Waals surface area contributed by atoms with E-state index in [0.29, 0.717) is 44.8 Å². The van der Waals surface area contributed by atoms with Crippen molar-refractivity contribution in [3.05, 3.63) is 48.6 Å². The van der Waals surface area contributed by atoms with Gasteiger partial charge in [-0.15, -0.1) is 6.58 Å². The van der Waals surface area contributed by atoms with E-state index in [1.54, 1.807) is 35.2 Å². The number of benzene rings is 1. The maximum Gasteiger partial charge on any atom is 0.251 e. The highest BCUT2D eigenvalue weighted by molar-refractivity contribution is 5.97. The lowest BCUT2D eigenvalue weighted by Gasteiger charge is -2.37. The highest BCUT2D eigenvalue weighted by atomic mass is 16.2. The van der Waals surface area contributed by atoms with Gasteiger partial charge in [-0.05, 0) is 18.1 Å². The zero-order valence-electron chi connectivity index (χ0n) is 16.7. The Morgan fingerprint density at radius 1 is 1.11 bits per heavy atom. The Morgan fingerprint density at radius 3 is 2.32 bits per heavy atom. The molecule has 2 rings (SSSR count). The Bertz CT molecular complexity index is 682. The van der Waals surface area contributed by atoms with E-state index in [4.69, 9.17) is 0 Å². The largest absolute Gasteiger partial charge is 0.352 e. The van der Waals surface area contributed by atoms with E-state index < -0.39 is 6.04 Å². The average molecular weight is 386 g/mol. The second kappa shape index (κ2) is 10.6. The van der Waals surface area contributed by atoms with Crippen molar-refractivity contribution in [1.82, 2.24) is 20.4 Å². The molecular formula is C21H30N4O3. The Morgan fingerprint density at radius 2 is 1.75 bits per heavy atom. The third-order valence-electron chi connectivity index (χ3n) is 4.75. The molecule has 0 spiro atoms. The molecule has 1 aromatic rings. The van der Waals surface area contributed by atoms with Gasteiger partial charge in [0.25, 0.3) is 5.91 Å². The smallest absolute Gasteiger partial charge is 0.251 e. The second-order valence-corrected chi connectivity index (χ2v) is 7.26. The molecule has 0 saturated carbocycles. The molecule has 1 aliphatic rings. The van der Waals surface area contributed by atoms with Crippen LogP contribution in [-0.2, 0) is 9.59 Å². The fourth-order valence-electron chi connectivity index (χ4n) is 3.10. The number of nitrogens with zero attached hydrogens (tertiary/aromatic N) is 2. The summed E-state index contributed by atoms with van der Waals surface area (Å²) in [4.78, 5) is 41.0. The van der Waals surface area contributed by atoms with Gasteiger partial charge in [0.2, 0.25) is 11.8 Å². The number of rotatable bonds is 8. The molecule has 2 N–H and O–H groups in total. The third kappa shape index (κ3) is 6.20. The van der Waals surface area contributed by atoms with Gasteiger partial charge in [-0.2, -0.15) is 0 Å². The molecule has 1 saturated heterocycles. The minimum atomic E-state index is -0.574. The van der Waals surface area contributed by atoms with Crippen molar-refractivity contribution in [1.29, 1.82) is 0 Å².